The highest BCUT2D eigenvalue weighted by Gasteiger charge is 2.14. The van der Waals surface area contributed by atoms with Gasteiger partial charge in [-0.05, 0) is 47.5 Å². The number of pyridine rings is 2. The molecule has 0 aliphatic heterocycles. The smallest absolute Gasteiger partial charge is 0.267 e. The fourth-order valence-corrected chi connectivity index (χ4v) is 3.46. The van der Waals surface area contributed by atoms with E-state index < -0.39 is 0 Å². The molecule has 5 aromatic rings. The predicted molar refractivity (Wildman–Crippen MR) is 122 cm³/mol. The Morgan fingerprint density at radius 1 is 0.645 bits per heavy atom. The highest BCUT2D eigenvalue weighted by Crippen LogP contribution is 2.23. The molecule has 3 heterocycles. The molecule has 5 heteroatoms. The van der Waals surface area contributed by atoms with Crippen molar-refractivity contribution in [1.29, 1.82) is 0 Å². The summed E-state index contributed by atoms with van der Waals surface area (Å²) in [5.74, 6) is 0. The van der Waals surface area contributed by atoms with Crippen LogP contribution in [-0.2, 0) is 0 Å². The van der Waals surface area contributed by atoms with E-state index >= 15 is 0 Å². The van der Waals surface area contributed by atoms with Gasteiger partial charge in [-0.15, -0.1) is 0 Å². The minimum atomic E-state index is -0.208. The molecule has 0 amide bonds. The molecule has 0 atom stereocenters. The highest BCUT2D eigenvalue weighted by atomic mass is 16.1. The van der Waals surface area contributed by atoms with Gasteiger partial charge >= 0.3 is 0 Å². The van der Waals surface area contributed by atoms with Crippen molar-refractivity contribution < 1.29 is 0 Å². The Kier molecular flexibility index (Phi) is 4.91. The van der Waals surface area contributed by atoms with Crippen molar-refractivity contribution in [2.45, 2.75) is 0 Å². The fourth-order valence-electron chi connectivity index (χ4n) is 3.46. The van der Waals surface area contributed by atoms with Crippen LogP contribution >= 0.6 is 0 Å². The molecule has 0 radical (unpaired) electrons. The maximum Gasteiger partial charge on any atom is 0.279 e. The van der Waals surface area contributed by atoms with Gasteiger partial charge in [-0.1, -0.05) is 54.6 Å². The molecule has 5 rings (SSSR count). The topological polar surface area (TPSA) is 60.7 Å². The zero-order valence-corrected chi connectivity index (χ0v) is 16.6. The molecule has 0 saturated carbocycles. The Hall–Kier alpha value is -4.38. The van der Waals surface area contributed by atoms with Gasteiger partial charge in [0.25, 0.3) is 5.56 Å². The van der Waals surface area contributed by atoms with Crippen molar-refractivity contribution in [3.63, 3.8) is 0 Å². The highest BCUT2D eigenvalue weighted by molar-refractivity contribution is 5.68. The second-order valence-corrected chi connectivity index (χ2v) is 7.03. The zero-order valence-electron chi connectivity index (χ0n) is 16.6. The number of hydrogen-bond donors (Lipinski definition) is 0. The third-order valence-electron chi connectivity index (χ3n) is 5.03. The Balaban J connectivity index is 1.67. The molecule has 0 fully saturated rings. The lowest BCUT2D eigenvalue weighted by molar-refractivity contribution is 0.813. The molecule has 3 aromatic heterocycles. The third-order valence-corrected chi connectivity index (χ3v) is 5.03. The largest absolute Gasteiger partial charge is 0.279 e. The van der Waals surface area contributed by atoms with Crippen LogP contribution in [0, 0.1) is 0 Å². The minimum Gasteiger partial charge on any atom is -0.267 e. The summed E-state index contributed by atoms with van der Waals surface area (Å²) in [7, 11) is 0. The van der Waals surface area contributed by atoms with Gasteiger partial charge in [0.05, 0.1) is 16.9 Å². The predicted octanol–water partition coefficient (Wildman–Crippen LogP) is 5.02. The molecule has 5 nitrogen and oxygen atoms in total. The van der Waals surface area contributed by atoms with Crippen LogP contribution in [0.3, 0.4) is 0 Å². The standard InChI is InChI=1S/C26H18N4O/c31-26-23(21-9-6-15-27-18-21)17-25(24-10-4-5-16-28-24)29-30(26)22-13-11-20(12-14-22)19-7-2-1-3-8-19/h1-18H. The lowest BCUT2D eigenvalue weighted by atomic mass is 10.1. The van der Waals surface area contributed by atoms with Crippen LogP contribution in [0.5, 0.6) is 0 Å². The Morgan fingerprint density at radius 2 is 1.39 bits per heavy atom. The van der Waals surface area contributed by atoms with Crippen LogP contribution in [-0.4, -0.2) is 19.7 Å². The molecule has 0 spiro atoms. The van der Waals surface area contributed by atoms with E-state index in [1.165, 1.54) is 4.68 Å². The molecule has 0 aliphatic rings. The Labute approximate surface area is 179 Å². The summed E-state index contributed by atoms with van der Waals surface area (Å²) in [6, 6.07) is 29.0. The maximum absolute atomic E-state index is 13.4. The molecular formula is C26H18N4O. The van der Waals surface area contributed by atoms with Gasteiger partial charge in [0.2, 0.25) is 0 Å². The van der Waals surface area contributed by atoms with Gasteiger partial charge in [-0.3, -0.25) is 14.8 Å². The van der Waals surface area contributed by atoms with E-state index in [-0.39, 0.29) is 5.56 Å². The first-order chi connectivity index (χ1) is 15.3. The summed E-state index contributed by atoms with van der Waals surface area (Å²) in [6.07, 6.45) is 5.08. The Bertz CT molecular complexity index is 1360. The monoisotopic (exact) mass is 402 g/mol. The number of rotatable bonds is 4. The number of aromatic nitrogens is 4. The maximum atomic E-state index is 13.4. The van der Waals surface area contributed by atoms with E-state index in [4.69, 9.17) is 0 Å². The second-order valence-electron chi connectivity index (χ2n) is 7.03. The van der Waals surface area contributed by atoms with Gasteiger partial charge in [-0.2, -0.15) is 9.78 Å². The van der Waals surface area contributed by atoms with E-state index in [2.05, 4.69) is 27.2 Å². The van der Waals surface area contributed by atoms with Crippen LogP contribution in [0.15, 0.2) is 114 Å². The van der Waals surface area contributed by atoms with Crippen molar-refractivity contribution in [3.8, 4) is 39.3 Å². The van der Waals surface area contributed by atoms with E-state index in [0.29, 0.717) is 22.6 Å². The van der Waals surface area contributed by atoms with Crippen molar-refractivity contribution >= 4 is 0 Å². The average Bonchev–Trinajstić information content (AvgIpc) is 2.86. The minimum absolute atomic E-state index is 0.208. The number of hydrogen-bond acceptors (Lipinski definition) is 4. The van der Waals surface area contributed by atoms with Crippen LogP contribution in [0.4, 0.5) is 0 Å². The molecular weight excluding hydrogens is 384 g/mol. The van der Waals surface area contributed by atoms with Crippen LogP contribution in [0.25, 0.3) is 39.3 Å². The molecule has 0 saturated heterocycles. The first-order valence-corrected chi connectivity index (χ1v) is 9.92. The van der Waals surface area contributed by atoms with Gasteiger partial charge in [0.1, 0.15) is 5.69 Å². The van der Waals surface area contributed by atoms with E-state index in [9.17, 15) is 4.79 Å². The number of nitrogens with zero attached hydrogens (tertiary/aromatic N) is 4. The quantitative estimate of drug-likeness (QED) is 0.423. The molecule has 148 valence electrons. The first-order valence-electron chi connectivity index (χ1n) is 9.92. The molecule has 2 aromatic carbocycles. The zero-order chi connectivity index (χ0) is 21.0. The fraction of sp³-hybridized carbons (Fsp3) is 0. The summed E-state index contributed by atoms with van der Waals surface area (Å²) >= 11 is 0. The van der Waals surface area contributed by atoms with Gasteiger partial charge in [0.15, 0.2) is 0 Å². The molecule has 0 aliphatic carbocycles. The molecule has 0 unspecified atom stereocenters. The summed E-state index contributed by atoms with van der Waals surface area (Å²) in [5.41, 5.74) is 5.25. The summed E-state index contributed by atoms with van der Waals surface area (Å²) < 4.78 is 1.43. The number of benzene rings is 2. The molecule has 31 heavy (non-hydrogen) atoms. The van der Waals surface area contributed by atoms with Crippen molar-refractivity contribution in [1.82, 2.24) is 19.7 Å². The molecule has 0 bridgehead atoms. The van der Waals surface area contributed by atoms with Crippen molar-refractivity contribution in [3.05, 3.63) is 120 Å². The van der Waals surface area contributed by atoms with E-state index in [0.717, 1.165) is 16.7 Å². The van der Waals surface area contributed by atoms with E-state index in [1.807, 2.05) is 72.8 Å². The average molecular weight is 402 g/mol. The SMILES string of the molecule is O=c1c(-c2cccnc2)cc(-c2ccccn2)nn1-c1ccc(-c2ccccc2)cc1. The third kappa shape index (κ3) is 3.76. The van der Waals surface area contributed by atoms with Gasteiger partial charge < -0.3 is 0 Å². The Morgan fingerprint density at radius 3 is 2.10 bits per heavy atom. The summed E-state index contributed by atoms with van der Waals surface area (Å²) in [4.78, 5) is 21.9. The summed E-state index contributed by atoms with van der Waals surface area (Å²) in [5, 5.41) is 4.62. The van der Waals surface area contributed by atoms with Gasteiger partial charge in [0, 0.05) is 24.2 Å². The van der Waals surface area contributed by atoms with Crippen molar-refractivity contribution in [2.75, 3.05) is 0 Å². The summed E-state index contributed by atoms with van der Waals surface area (Å²) in [6.45, 7) is 0. The lowest BCUT2D eigenvalue weighted by Gasteiger charge is -2.11. The first kappa shape index (κ1) is 18.6. The van der Waals surface area contributed by atoms with Gasteiger partial charge in [-0.25, -0.2) is 0 Å². The van der Waals surface area contributed by atoms with Crippen LogP contribution in [0.1, 0.15) is 0 Å². The van der Waals surface area contributed by atoms with Crippen molar-refractivity contribution in [2.24, 2.45) is 0 Å². The second kappa shape index (κ2) is 8.16. The van der Waals surface area contributed by atoms with E-state index in [1.54, 1.807) is 24.7 Å². The molecule has 0 N–H and O–H groups in total. The van der Waals surface area contributed by atoms with Crippen LogP contribution in [0.2, 0.25) is 0 Å². The lowest BCUT2D eigenvalue weighted by Crippen LogP contribution is -2.23. The normalized spacial score (nSPS) is 10.7. The van der Waals surface area contributed by atoms with Crippen LogP contribution < -0.4 is 5.56 Å².